The minimum atomic E-state index is 0.798. The summed E-state index contributed by atoms with van der Waals surface area (Å²) >= 11 is 2.88. The summed E-state index contributed by atoms with van der Waals surface area (Å²) in [6, 6.07) is 6.31. The van der Waals surface area contributed by atoms with Gasteiger partial charge in [-0.1, -0.05) is 0 Å². The second-order valence-corrected chi connectivity index (χ2v) is 3.94. The standard InChI is InChI=1S/C11H15NSe/c1-3-8-6-5-7-10(11(12)13)9(8)4-2/h5-7H,3-4H2,1-2H3,(H2,12,13). The molecule has 0 fully saturated rings. The molecule has 0 aliphatic rings. The Hall–Kier alpha value is -0.591. The van der Waals surface area contributed by atoms with Gasteiger partial charge in [0.1, 0.15) is 0 Å². The van der Waals surface area contributed by atoms with Crippen molar-refractivity contribution >= 4 is 20.1 Å². The molecule has 0 atom stereocenters. The fourth-order valence-corrected chi connectivity index (χ4v) is 2.02. The maximum atomic E-state index is 5.77. The quantitative estimate of drug-likeness (QED) is 0.794. The van der Waals surface area contributed by atoms with Gasteiger partial charge in [0.05, 0.1) is 0 Å². The molecular formula is C11H15NSe. The van der Waals surface area contributed by atoms with Crippen LogP contribution < -0.4 is 5.73 Å². The normalized spacial score (nSPS) is 10.0. The first-order chi connectivity index (χ1) is 6.20. The van der Waals surface area contributed by atoms with Gasteiger partial charge in [0.25, 0.3) is 0 Å². The van der Waals surface area contributed by atoms with E-state index in [1.54, 1.807) is 0 Å². The summed E-state index contributed by atoms with van der Waals surface area (Å²) in [6.07, 6.45) is 2.12. The van der Waals surface area contributed by atoms with Crippen molar-refractivity contribution in [3.63, 3.8) is 0 Å². The summed E-state index contributed by atoms with van der Waals surface area (Å²) in [7, 11) is 0. The van der Waals surface area contributed by atoms with E-state index in [4.69, 9.17) is 5.73 Å². The SMILES string of the molecule is CCc1cccc(C(N)=[Se])c1CC. The van der Waals surface area contributed by atoms with E-state index in [1.165, 1.54) is 16.7 Å². The molecule has 1 aromatic carbocycles. The van der Waals surface area contributed by atoms with Gasteiger partial charge >= 0.3 is 87.4 Å². The van der Waals surface area contributed by atoms with Crippen molar-refractivity contribution in [2.45, 2.75) is 26.7 Å². The van der Waals surface area contributed by atoms with Gasteiger partial charge in [-0.15, -0.1) is 0 Å². The van der Waals surface area contributed by atoms with Crippen LogP contribution in [0.1, 0.15) is 30.5 Å². The van der Waals surface area contributed by atoms with Crippen molar-refractivity contribution in [1.82, 2.24) is 0 Å². The van der Waals surface area contributed by atoms with Gasteiger partial charge in [-0.05, 0) is 0 Å². The van der Waals surface area contributed by atoms with Crippen LogP contribution in [0.2, 0.25) is 0 Å². The average Bonchev–Trinajstić information content (AvgIpc) is 2.16. The first kappa shape index (κ1) is 10.5. The molecule has 70 valence electrons. The zero-order valence-corrected chi connectivity index (χ0v) is 9.84. The Labute approximate surface area is 87.7 Å². The number of hydrogen-bond acceptors (Lipinski definition) is 1. The Morgan fingerprint density at radius 3 is 2.46 bits per heavy atom. The van der Waals surface area contributed by atoms with Gasteiger partial charge in [0.15, 0.2) is 0 Å². The number of hydrogen-bond donors (Lipinski definition) is 1. The molecule has 0 bridgehead atoms. The summed E-state index contributed by atoms with van der Waals surface area (Å²) in [4.78, 5) is 0. The predicted octanol–water partition coefficient (Wildman–Crippen LogP) is 1.42. The molecule has 2 N–H and O–H groups in total. The summed E-state index contributed by atoms with van der Waals surface area (Å²) < 4.78 is 0.798. The molecule has 1 aromatic rings. The van der Waals surface area contributed by atoms with Gasteiger partial charge < -0.3 is 0 Å². The van der Waals surface area contributed by atoms with E-state index in [0.29, 0.717) is 0 Å². The molecule has 0 radical (unpaired) electrons. The van der Waals surface area contributed by atoms with Crippen LogP contribution in [0.15, 0.2) is 18.2 Å². The summed E-state index contributed by atoms with van der Waals surface area (Å²) in [6.45, 7) is 4.34. The van der Waals surface area contributed by atoms with Crippen molar-refractivity contribution in [2.24, 2.45) is 5.73 Å². The Morgan fingerprint density at radius 2 is 2.00 bits per heavy atom. The van der Waals surface area contributed by atoms with Gasteiger partial charge in [-0.25, -0.2) is 0 Å². The molecule has 0 saturated heterocycles. The molecule has 0 heterocycles. The molecule has 1 nitrogen and oxygen atoms in total. The Balaban J connectivity index is 3.27. The van der Waals surface area contributed by atoms with E-state index in [1.807, 2.05) is 0 Å². The van der Waals surface area contributed by atoms with E-state index >= 15 is 0 Å². The topological polar surface area (TPSA) is 26.0 Å². The molecule has 1 rings (SSSR count). The molecule has 2 heteroatoms. The second kappa shape index (κ2) is 4.59. The van der Waals surface area contributed by atoms with E-state index in [9.17, 15) is 0 Å². The van der Waals surface area contributed by atoms with Crippen LogP contribution in [0.4, 0.5) is 0 Å². The van der Waals surface area contributed by atoms with Gasteiger partial charge in [-0.3, -0.25) is 0 Å². The molecule has 13 heavy (non-hydrogen) atoms. The monoisotopic (exact) mass is 241 g/mol. The van der Waals surface area contributed by atoms with Crippen molar-refractivity contribution in [2.75, 3.05) is 0 Å². The predicted molar refractivity (Wildman–Crippen MR) is 59.2 cm³/mol. The molecular weight excluding hydrogens is 225 g/mol. The van der Waals surface area contributed by atoms with Crippen LogP contribution in [0.3, 0.4) is 0 Å². The van der Waals surface area contributed by atoms with Crippen LogP contribution in [0.5, 0.6) is 0 Å². The van der Waals surface area contributed by atoms with E-state index in [-0.39, 0.29) is 0 Å². The van der Waals surface area contributed by atoms with E-state index in [2.05, 4.69) is 47.6 Å². The first-order valence-corrected chi connectivity index (χ1v) is 5.46. The fraction of sp³-hybridized carbons (Fsp3) is 0.364. The molecule has 0 aliphatic heterocycles. The summed E-state index contributed by atoms with van der Waals surface area (Å²) in [5.74, 6) is 0. The van der Waals surface area contributed by atoms with Crippen molar-refractivity contribution in [1.29, 1.82) is 0 Å². The third-order valence-electron chi connectivity index (χ3n) is 2.27. The molecule has 0 aromatic heterocycles. The third kappa shape index (κ3) is 2.20. The van der Waals surface area contributed by atoms with E-state index in [0.717, 1.165) is 17.4 Å². The first-order valence-electron chi connectivity index (χ1n) is 4.61. The third-order valence-corrected chi connectivity index (χ3v) is 2.73. The van der Waals surface area contributed by atoms with Crippen molar-refractivity contribution < 1.29 is 0 Å². The molecule has 0 spiro atoms. The Kier molecular flexibility index (Phi) is 3.70. The van der Waals surface area contributed by atoms with Crippen molar-refractivity contribution in [3.8, 4) is 0 Å². The molecule has 0 saturated carbocycles. The summed E-state index contributed by atoms with van der Waals surface area (Å²) in [5.41, 5.74) is 9.72. The van der Waals surface area contributed by atoms with Crippen LogP contribution in [0.25, 0.3) is 0 Å². The number of rotatable bonds is 3. The summed E-state index contributed by atoms with van der Waals surface area (Å²) in [5, 5.41) is 0. The molecule has 0 amide bonds. The molecule has 0 aliphatic carbocycles. The average molecular weight is 240 g/mol. The van der Waals surface area contributed by atoms with Gasteiger partial charge in [0, 0.05) is 0 Å². The number of nitrogens with two attached hydrogens (primary N) is 1. The zero-order valence-electron chi connectivity index (χ0n) is 8.13. The van der Waals surface area contributed by atoms with Crippen LogP contribution in [-0.4, -0.2) is 20.1 Å². The van der Waals surface area contributed by atoms with Crippen molar-refractivity contribution in [3.05, 3.63) is 34.9 Å². The van der Waals surface area contributed by atoms with Gasteiger partial charge in [0.2, 0.25) is 0 Å². The van der Waals surface area contributed by atoms with E-state index < -0.39 is 0 Å². The second-order valence-electron chi connectivity index (χ2n) is 3.01. The van der Waals surface area contributed by atoms with Gasteiger partial charge in [-0.2, -0.15) is 0 Å². The van der Waals surface area contributed by atoms with Crippen LogP contribution in [0, 0.1) is 0 Å². The number of benzene rings is 1. The zero-order chi connectivity index (χ0) is 9.84. The number of aryl methyl sites for hydroxylation is 1. The Morgan fingerprint density at radius 1 is 1.31 bits per heavy atom. The maximum absolute atomic E-state index is 5.77. The van der Waals surface area contributed by atoms with Crippen LogP contribution >= 0.6 is 0 Å². The fourth-order valence-electron chi connectivity index (χ4n) is 1.61. The molecule has 0 unspecified atom stereocenters. The minimum absolute atomic E-state index is 0.798. The van der Waals surface area contributed by atoms with Crippen LogP contribution in [-0.2, 0) is 12.8 Å². The Bertz CT molecular complexity index is 318.